The van der Waals surface area contributed by atoms with Gasteiger partial charge in [-0.05, 0) is 69.3 Å². The van der Waals surface area contributed by atoms with Crippen LogP contribution in [0.1, 0.15) is 24.8 Å². The minimum absolute atomic E-state index is 0.0921. The molecule has 2 aliphatic rings. The molecule has 0 saturated heterocycles. The third kappa shape index (κ3) is 4.78. The van der Waals surface area contributed by atoms with Crippen molar-refractivity contribution < 1.29 is 22.3 Å². The van der Waals surface area contributed by atoms with Crippen molar-refractivity contribution in [1.29, 1.82) is 0 Å². The first-order chi connectivity index (χ1) is 19.6. The average Bonchev–Trinajstić information content (AvgIpc) is 3.72. The molecule has 6 rings (SSSR count). The number of hydrogen-bond donors (Lipinski definition) is 1. The highest BCUT2D eigenvalue weighted by atomic mass is 32.2. The largest absolute Gasteiger partial charge is 0.476 e. The van der Waals surface area contributed by atoms with Gasteiger partial charge < -0.3 is 14.5 Å². The summed E-state index contributed by atoms with van der Waals surface area (Å²) >= 11 is 0. The number of pyridine rings is 2. The number of halogens is 1. The molecule has 9 nitrogen and oxygen atoms in total. The van der Waals surface area contributed by atoms with E-state index in [1.165, 1.54) is 18.2 Å². The van der Waals surface area contributed by atoms with Crippen LogP contribution in [0, 0.1) is 5.82 Å². The molecule has 0 bridgehead atoms. The Balaban J connectivity index is 1.41. The Hall–Kier alpha value is -4.09. The first kappa shape index (κ1) is 27.1. The van der Waals surface area contributed by atoms with E-state index >= 15 is 0 Å². The van der Waals surface area contributed by atoms with Crippen LogP contribution >= 0.6 is 0 Å². The van der Waals surface area contributed by atoms with Crippen LogP contribution in [0.2, 0.25) is 0 Å². The molecule has 1 fully saturated rings. The molecule has 4 aromatic rings. The Morgan fingerprint density at radius 2 is 1.85 bits per heavy atom. The van der Waals surface area contributed by atoms with Crippen molar-refractivity contribution >= 4 is 38.2 Å². The van der Waals surface area contributed by atoms with Crippen LogP contribution in [0.25, 0.3) is 22.0 Å². The first-order valence-corrected chi connectivity index (χ1v) is 14.9. The van der Waals surface area contributed by atoms with Gasteiger partial charge in [-0.1, -0.05) is 18.2 Å². The fourth-order valence-electron chi connectivity index (χ4n) is 5.46. The van der Waals surface area contributed by atoms with Gasteiger partial charge in [0.1, 0.15) is 16.4 Å². The highest BCUT2D eigenvalue weighted by molar-refractivity contribution is 7.92. The molecule has 2 aromatic carbocycles. The van der Waals surface area contributed by atoms with Crippen LogP contribution in [0.4, 0.5) is 15.8 Å². The maximum absolute atomic E-state index is 14.4. The van der Waals surface area contributed by atoms with Gasteiger partial charge in [-0.25, -0.2) is 17.8 Å². The Kier molecular flexibility index (Phi) is 6.66. The second kappa shape index (κ2) is 10.1. The number of benzene rings is 2. The zero-order valence-electron chi connectivity index (χ0n) is 23.0. The Labute approximate surface area is 238 Å². The molecule has 0 unspecified atom stereocenters. The van der Waals surface area contributed by atoms with Gasteiger partial charge in [0.15, 0.2) is 0 Å². The van der Waals surface area contributed by atoms with Gasteiger partial charge in [-0.3, -0.25) is 14.5 Å². The molecule has 1 amide bonds. The Bertz CT molecular complexity index is 1790. The monoisotopic (exact) mass is 575 g/mol. The number of aromatic nitrogens is 2. The summed E-state index contributed by atoms with van der Waals surface area (Å²) < 4.78 is 49.2. The molecule has 1 spiro atoms. The SMILES string of the molecule is CN(C)CCCOc1ncc(-c2ccc3ncc4c(c3c2)C2(CC2)C(=O)N4C)cc1NS(=O)(=O)c1ccccc1F. The summed E-state index contributed by atoms with van der Waals surface area (Å²) in [5.74, 6) is -0.670. The fourth-order valence-corrected chi connectivity index (χ4v) is 6.58. The van der Waals surface area contributed by atoms with Crippen LogP contribution in [0.15, 0.2) is 65.8 Å². The molecule has 0 radical (unpaired) electrons. The number of nitrogens with zero attached hydrogens (tertiary/aromatic N) is 4. The van der Waals surface area contributed by atoms with E-state index in [9.17, 15) is 17.6 Å². The van der Waals surface area contributed by atoms with Gasteiger partial charge in [0.05, 0.1) is 29.4 Å². The summed E-state index contributed by atoms with van der Waals surface area (Å²) in [4.78, 5) is 25.3. The molecule has 212 valence electrons. The number of sulfonamides is 1. The quantitative estimate of drug-likeness (QED) is 0.292. The van der Waals surface area contributed by atoms with Crippen LogP contribution in [0.3, 0.4) is 0 Å². The fraction of sp³-hybridized carbons (Fsp3) is 0.300. The number of anilines is 2. The van der Waals surface area contributed by atoms with E-state index in [2.05, 4.69) is 14.7 Å². The molecule has 1 aliphatic carbocycles. The summed E-state index contributed by atoms with van der Waals surface area (Å²) in [6, 6.07) is 12.6. The topological polar surface area (TPSA) is 105 Å². The van der Waals surface area contributed by atoms with E-state index < -0.39 is 26.2 Å². The number of rotatable bonds is 9. The Morgan fingerprint density at radius 1 is 1.07 bits per heavy atom. The molecule has 0 atom stereocenters. The van der Waals surface area contributed by atoms with E-state index in [-0.39, 0.29) is 17.5 Å². The molecular formula is C30H30FN5O4S. The van der Waals surface area contributed by atoms with Crippen molar-refractivity contribution in [1.82, 2.24) is 14.9 Å². The van der Waals surface area contributed by atoms with Crippen molar-refractivity contribution in [2.75, 3.05) is 43.9 Å². The molecule has 2 aromatic heterocycles. The molecule has 1 saturated carbocycles. The highest BCUT2D eigenvalue weighted by Crippen LogP contribution is 2.58. The summed E-state index contributed by atoms with van der Waals surface area (Å²) in [5, 5.41) is 0.882. The van der Waals surface area contributed by atoms with Crippen molar-refractivity contribution in [2.24, 2.45) is 0 Å². The first-order valence-electron chi connectivity index (χ1n) is 13.4. The van der Waals surface area contributed by atoms with Crippen LogP contribution in [0.5, 0.6) is 5.88 Å². The van der Waals surface area contributed by atoms with E-state index in [1.807, 2.05) is 37.2 Å². The third-order valence-electron chi connectivity index (χ3n) is 7.70. The second-order valence-electron chi connectivity index (χ2n) is 10.8. The van der Waals surface area contributed by atoms with Crippen molar-refractivity contribution in [3.8, 4) is 17.0 Å². The minimum Gasteiger partial charge on any atom is -0.476 e. The van der Waals surface area contributed by atoms with Crippen LogP contribution < -0.4 is 14.4 Å². The maximum atomic E-state index is 14.4. The highest BCUT2D eigenvalue weighted by Gasteiger charge is 2.59. The smallest absolute Gasteiger partial charge is 0.264 e. The van der Waals surface area contributed by atoms with Crippen LogP contribution in [-0.2, 0) is 20.2 Å². The molecule has 1 aliphatic heterocycles. The number of amides is 1. The van der Waals surface area contributed by atoms with Gasteiger partial charge in [-0.2, -0.15) is 0 Å². The zero-order chi connectivity index (χ0) is 28.9. The summed E-state index contributed by atoms with van der Waals surface area (Å²) in [6.07, 6.45) is 5.67. The van der Waals surface area contributed by atoms with Gasteiger partial charge in [0.2, 0.25) is 11.8 Å². The third-order valence-corrected chi connectivity index (χ3v) is 9.09. The zero-order valence-corrected chi connectivity index (χ0v) is 23.8. The van der Waals surface area contributed by atoms with E-state index in [4.69, 9.17) is 4.74 Å². The normalized spacial score (nSPS) is 15.5. The summed E-state index contributed by atoms with van der Waals surface area (Å²) in [7, 11) is 1.41. The van der Waals surface area contributed by atoms with E-state index in [1.54, 1.807) is 30.4 Å². The van der Waals surface area contributed by atoms with Gasteiger partial charge in [-0.15, -0.1) is 0 Å². The number of nitrogens with one attached hydrogen (secondary N) is 1. The predicted octanol–water partition coefficient (Wildman–Crippen LogP) is 4.58. The molecular weight excluding hydrogens is 545 g/mol. The molecule has 1 N–H and O–H groups in total. The number of hydrogen-bond acceptors (Lipinski definition) is 7. The summed E-state index contributed by atoms with van der Waals surface area (Å²) in [6.45, 7) is 1.10. The van der Waals surface area contributed by atoms with E-state index in [0.29, 0.717) is 18.6 Å². The number of likely N-dealkylation sites (N-methyl/N-ethyl adjacent to an activating group) is 1. The predicted molar refractivity (Wildman–Crippen MR) is 155 cm³/mol. The van der Waals surface area contributed by atoms with E-state index in [0.717, 1.165) is 53.2 Å². The van der Waals surface area contributed by atoms with Crippen molar-refractivity contribution in [3.05, 3.63) is 72.3 Å². The number of carbonyl (C=O) groups excluding carboxylic acids is 1. The van der Waals surface area contributed by atoms with Gasteiger partial charge in [0, 0.05) is 36.3 Å². The second-order valence-corrected chi connectivity index (χ2v) is 12.5. The maximum Gasteiger partial charge on any atom is 0.264 e. The van der Waals surface area contributed by atoms with Crippen LogP contribution in [-0.4, -0.2) is 63.5 Å². The average molecular weight is 576 g/mol. The molecule has 41 heavy (non-hydrogen) atoms. The number of carbonyl (C=O) groups is 1. The van der Waals surface area contributed by atoms with Gasteiger partial charge >= 0.3 is 0 Å². The summed E-state index contributed by atoms with van der Waals surface area (Å²) in [5.41, 5.74) is 3.58. The van der Waals surface area contributed by atoms with Crippen molar-refractivity contribution in [3.63, 3.8) is 0 Å². The lowest BCUT2D eigenvalue weighted by Gasteiger charge is -2.16. The lowest BCUT2D eigenvalue weighted by atomic mass is 9.92. The molecule has 3 heterocycles. The van der Waals surface area contributed by atoms with Gasteiger partial charge in [0.25, 0.3) is 10.0 Å². The molecule has 11 heteroatoms. The lowest BCUT2D eigenvalue weighted by molar-refractivity contribution is -0.119. The van der Waals surface area contributed by atoms with Crippen molar-refractivity contribution in [2.45, 2.75) is 29.6 Å². The lowest BCUT2D eigenvalue weighted by Crippen LogP contribution is -2.28. The number of ether oxygens (including phenoxy) is 1. The standard InChI is InChI=1S/C30H30FN5O4S/c1-35(2)13-6-14-40-28-24(34-41(38,39)26-8-5-4-7-22(26)31)16-20(17-33-28)19-9-10-23-21(15-19)27-25(18-32-23)36(3)29(37)30(27)11-12-30/h4-5,7-10,15-18,34H,6,11-14H2,1-3H3. The Morgan fingerprint density at radius 3 is 2.59 bits per heavy atom. The number of fused-ring (bicyclic) bond motifs is 4. The minimum atomic E-state index is -4.28.